The van der Waals surface area contributed by atoms with Crippen molar-refractivity contribution in [3.63, 3.8) is 0 Å². The van der Waals surface area contributed by atoms with Gasteiger partial charge in [-0.3, -0.25) is 19.4 Å². The van der Waals surface area contributed by atoms with Gasteiger partial charge in [0.1, 0.15) is 30.5 Å². The van der Waals surface area contributed by atoms with Crippen LogP contribution in [0.4, 0.5) is 13.2 Å². The zero-order valence-electron chi connectivity index (χ0n) is 31.1. The number of ketones is 2. The molecule has 1 aliphatic heterocycles. The van der Waals surface area contributed by atoms with Crippen LogP contribution in [-0.4, -0.2) is 60.0 Å². The second kappa shape index (κ2) is 14.9. The van der Waals surface area contributed by atoms with Gasteiger partial charge in [-0.1, -0.05) is 66.7 Å². The Labute approximate surface area is 322 Å². The van der Waals surface area contributed by atoms with Crippen LogP contribution in [0.5, 0.6) is 17.4 Å². The summed E-state index contributed by atoms with van der Waals surface area (Å²) in [6, 6.07) is 19.1. The molecule has 0 radical (unpaired) electrons. The van der Waals surface area contributed by atoms with E-state index < -0.39 is 59.3 Å². The molecule has 4 aromatic rings. The number of halogens is 3. The van der Waals surface area contributed by atoms with Gasteiger partial charge in [0, 0.05) is 34.4 Å². The third-order valence-electron chi connectivity index (χ3n) is 11.5. The summed E-state index contributed by atoms with van der Waals surface area (Å²) in [7, 11) is 3.62. The van der Waals surface area contributed by atoms with Gasteiger partial charge in [-0.25, -0.2) is 4.52 Å². The van der Waals surface area contributed by atoms with Crippen LogP contribution in [0.3, 0.4) is 0 Å². The van der Waals surface area contributed by atoms with E-state index in [-0.39, 0.29) is 65.5 Å². The Hall–Kier alpha value is -5.40. The van der Waals surface area contributed by atoms with Crippen LogP contribution in [0.25, 0.3) is 5.76 Å². The number of rotatable bonds is 11. The van der Waals surface area contributed by atoms with Crippen LogP contribution in [0.1, 0.15) is 75.3 Å². The van der Waals surface area contributed by atoms with Crippen molar-refractivity contribution < 1.29 is 51.8 Å². The number of aromatic nitrogens is 1. The van der Waals surface area contributed by atoms with Crippen molar-refractivity contribution in [2.24, 2.45) is 17.8 Å². The van der Waals surface area contributed by atoms with Gasteiger partial charge in [-0.15, -0.1) is 19.8 Å². The number of H-pyrrole nitrogens is 1. The van der Waals surface area contributed by atoms with Crippen LogP contribution >= 0.6 is 0 Å². The third-order valence-corrected chi connectivity index (χ3v) is 11.5. The summed E-state index contributed by atoms with van der Waals surface area (Å²) in [5.74, 6) is -4.03. The Balaban J connectivity index is 1.25. The zero-order valence-corrected chi connectivity index (χ0v) is 31.1. The van der Waals surface area contributed by atoms with Crippen molar-refractivity contribution in [1.82, 2.24) is 9.80 Å². The fourth-order valence-electron chi connectivity index (χ4n) is 9.27. The SMILES string of the molecule is C=CCN1CCCC1c1cc(OCc2ccccc2)c2c(c1OC(F)(F)F)C[C@H]1C[C@@H]3C(C(=O)C1=C2O)C(=O)c1c(OCc2ccccc2)[nH+]oc1[C@H]3N(C)C. The number of Topliss-reactive ketones (excluding diaryl/α,β-unsaturated/α-hetero) is 2. The van der Waals surface area contributed by atoms with Crippen LogP contribution in [-0.2, 0) is 24.4 Å². The molecule has 56 heavy (non-hydrogen) atoms. The molecule has 1 saturated heterocycles. The van der Waals surface area contributed by atoms with Crippen molar-refractivity contribution in [2.75, 3.05) is 27.2 Å². The topological polar surface area (TPSA) is 116 Å². The minimum absolute atomic E-state index is 0.00305. The maximum atomic E-state index is 14.8. The van der Waals surface area contributed by atoms with Gasteiger partial charge in [-0.2, -0.15) is 0 Å². The first kappa shape index (κ1) is 37.5. The fourth-order valence-corrected chi connectivity index (χ4v) is 9.27. The molecule has 0 amide bonds. The number of carbonyl (C=O) groups is 2. The Morgan fingerprint density at radius 2 is 1.68 bits per heavy atom. The molecule has 0 spiro atoms. The number of fused-ring (bicyclic) bond motifs is 4. The fraction of sp³-hybridized carbons (Fsp3) is 0.372. The highest BCUT2D eigenvalue weighted by molar-refractivity contribution is 6.20. The maximum Gasteiger partial charge on any atom is 0.573 e. The first-order chi connectivity index (χ1) is 26.9. The summed E-state index contributed by atoms with van der Waals surface area (Å²) in [6.45, 7) is 5.14. The second-order valence-corrected chi connectivity index (χ2v) is 15.1. The molecule has 5 atom stereocenters. The Kier molecular flexibility index (Phi) is 10.00. The number of hydrogen-bond acceptors (Lipinski definition) is 9. The van der Waals surface area contributed by atoms with E-state index in [4.69, 9.17) is 18.7 Å². The quantitative estimate of drug-likeness (QED) is 0.122. The van der Waals surface area contributed by atoms with Crippen LogP contribution in [0, 0.1) is 17.8 Å². The largest absolute Gasteiger partial charge is 0.573 e. The van der Waals surface area contributed by atoms with Gasteiger partial charge in [0.15, 0.2) is 17.1 Å². The minimum Gasteiger partial charge on any atom is -0.507 e. The van der Waals surface area contributed by atoms with Crippen molar-refractivity contribution in [2.45, 2.75) is 57.3 Å². The predicted molar refractivity (Wildman–Crippen MR) is 198 cm³/mol. The molecule has 1 aromatic heterocycles. The lowest BCUT2D eigenvalue weighted by Gasteiger charge is -2.45. The van der Waals surface area contributed by atoms with Crippen LogP contribution < -0.4 is 19.4 Å². The molecule has 2 fully saturated rings. The van der Waals surface area contributed by atoms with Crippen molar-refractivity contribution in [3.8, 4) is 17.4 Å². The average Bonchev–Trinajstić information content (AvgIpc) is 3.81. The third kappa shape index (κ3) is 6.76. The Bertz CT molecular complexity index is 2180. The van der Waals surface area contributed by atoms with Gasteiger partial charge >= 0.3 is 12.2 Å². The lowest BCUT2D eigenvalue weighted by atomic mass is 9.59. The normalized spacial score (nSPS) is 23.4. The number of hydrogen-bond donors (Lipinski definition) is 1. The molecule has 10 nitrogen and oxygen atoms in total. The molecule has 3 aromatic carbocycles. The summed E-state index contributed by atoms with van der Waals surface area (Å²) in [5.41, 5.74) is 2.14. The Morgan fingerprint density at radius 3 is 2.32 bits per heavy atom. The van der Waals surface area contributed by atoms with E-state index in [1.54, 1.807) is 6.08 Å². The number of aliphatic hydroxyl groups is 1. The summed E-state index contributed by atoms with van der Waals surface area (Å²) >= 11 is 0. The highest BCUT2D eigenvalue weighted by Gasteiger charge is 2.58. The predicted octanol–water partition coefficient (Wildman–Crippen LogP) is 7.62. The number of allylic oxidation sites excluding steroid dienone is 1. The standard InChI is InChI=1S/C43H42F3N3O7/c1-4-17-49-18-11-16-30(49)27-21-31(53-22-24-12-7-5-8-13-24)33-29(40(27)55-43(44,45)46)20-26-19-28-34(38(51)32(26)37(33)50)39(52)35-41(36(28)48(2)3)56-47-42(35)54-23-25-14-9-6-10-15-25/h4-10,12-15,21,26,28,30,34,36,50H,1,11,16-20,22-23H2,2-3H3/p+1/t26-,28-,30?,34?,36+/m1/s1. The van der Waals surface area contributed by atoms with E-state index in [2.05, 4.69) is 11.7 Å². The minimum atomic E-state index is -5.05. The van der Waals surface area contributed by atoms with Crippen LogP contribution in [0.15, 0.2) is 89.5 Å². The molecule has 0 bridgehead atoms. The molecule has 4 aliphatic rings. The summed E-state index contributed by atoms with van der Waals surface area (Å²) in [6.07, 6.45) is -1.87. The molecule has 13 heteroatoms. The highest BCUT2D eigenvalue weighted by Crippen LogP contribution is 2.56. The molecular weight excluding hydrogens is 727 g/mol. The number of aliphatic hydroxyl groups excluding tert-OH is 1. The van der Waals surface area contributed by atoms with Gasteiger partial charge < -0.3 is 19.3 Å². The average molecular weight is 771 g/mol. The Morgan fingerprint density at radius 1 is 1.00 bits per heavy atom. The lowest BCUT2D eigenvalue weighted by molar-refractivity contribution is -0.617. The molecule has 2 heterocycles. The summed E-state index contributed by atoms with van der Waals surface area (Å²) in [5, 5.41) is 15.0. The molecule has 2 N–H and O–H groups in total. The smallest absolute Gasteiger partial charge is 0.507 e. The van der Waals surface area contributed by atoms with Gasteiger partial charge in [0.2, 0.25) is 5.76 Å². The van der Waals surface area contributed by atoms with E-state index in [0.717, 1.165) is 17.5 Å². The molecule has 292 valence electrons. The number of nitrogens with zero attached hydrogens (tertiary/aromatic N) is 2. The van der Waals surface area contributed by atoms with E-state index in [1.807, 2.05) is 84.6 Å². The number of likely N-dealkylation sites (tertiary alicyclic amines) is 1. The first-order valence-corrected chi connectivity index (χ1v) is 18.8. The monoisotopic (exact) mass is 770 g/mol. The second-order valence-electron chi connectivity index (χ2n) is 15.1. The van der Waals surface area contributed by atoms with Crippen molar-refractivity contribution >= 4 is 17.3 Å². The summed E-state index contributed by atoms with van der Waals surface area (Å²) in [4.78, 5) is 33.2. The number of nitrogens with one attached hydrogen (secondary N) is 1. The van der Waals surface area contributed by atoms with Crippen molar-refractivity contribution in [3.05, 3.63) is 124 Å². The van der Waals surface area contributed by atoms with E-state index in [0.29, 0.717) is 25.3 Å². The first-order valence-electron chi connectivity index (χ1n) is 18.8. The van der Waals surface area contributed by atoms with Crippen molar-refractivity contribution in [1.29, 1.82) is 0 Å². The summed E-state index contributed by atoms with van der Waals surface area (Å²) < 4.78 is 66.4. The number of alkyl halides is 3. The molecule has 8 rings (SSSR count). The number of carbonyl (C=O) groups excluding carboxylic acids is 2. The van der Waals surface area contributed by atoms with E-state index in [1.165, 1.54) is 6.07 Å². The molecule has 1 saturated carbocycles. The number of ether oxygens (including phenoxy) is 3. The van der Waals surface area contributed by atoms with Crippen LogP contribution in [0.2, 0.25) is 0 Å². The maximum absolute atomic E-state index is 14.8. The number of benzene rings is 3. The highest BCUT2D eigenvalue weighted by atomic mass is 19.4. The van der Waals surface area contributed by atoms with Gasteiger partial charge in [0.05, 0.1) is 17.5 Å². The van der Waals surface area contributed by atoms with Gasteiger partial charge in [-0.05, 0) is 75.4 Å². The molecular formula is C43H43F3N3O7+. The van der Waals surface area contributed by atoms with Gasteiger partial charge in [0.25, 0.3) is 0 Å². The zero-order chi connectivity index (χ0) is 39.3. The van der Waals surface area contributed by atoms with E-state index >= 15 is 0 Å². The molecule has 2 unspecified atom stereocenters. The molecule has 3 aliphatic carbocycles. The number of aromatic amines is 1. The lowest BCUT2D eigenvalue weighted by Crippen LogP contribution is -2.49. The van der Waals surface area contributed by atoms with E-state index in [9.17, 15) is 27.9 Å².